The maximum atomic E-state index is 5.75. The van der Waals surface area contributed by atoms with Crippen LogP contribution < -0.4 is 11.1 Å². The molecular formula is C14H22N2S. The Balaban J connectivity index is 3.03. The maximum Gasteiger partial charge on any atom is 0.106 e. The van der Waals surface area contributed by atoms with E-state index in [0.29, 0.717) is 16.9 Å². The summed E-state index contributed by atoms with van der Waals surface area (Å²) in [5, 5.41) is 3.55. The van der Waals surface area contributed by atoms with E-state index < -0.39 is 0 Å². The molecule has 17 heavy (non-hydrogen) atoms. The van der Waals surface area contributed by atoms with Crippen LogP contribution in [0, 0.1) is 12.8 Å². The molecule has 0 aliphatic heterocycles. The maximum absolute atomic E-state index is 5.75. The molecule has 2 nitrogen and oxygen atoms in total. The molecule has 0 saturated heterocycles. The van der Waals surface area contributed by atoms with Gasteiger partial charge in [-0.05, 0) is 37.0 Å². The number of thiocarbonyl (C=S) groups is 1. The lowest BCUT2D eigenvalue weighted by Crippen LogP contribution is -2.26. The van der Waals surface area contributed by atoms with Gasteiger partial charge in [0.1, 0.15) is 4.99 Å². The predicted molar refractivity (Wildman–Crippen MR) is 79.6 cm³/mol. The summed E-state index contributed by atoms with van der Waals surface area (Å²) >= 11 is 5.09. The summed E-state index contributed by atoms with van der Waals surface area (Å²) in [4.78, 5) is 0.450. The number of nitrogens with two attached hydrogens (primary N) is 1. The molecule has 0 fully saturated rings. The zero-order chi connectivity index (χ0) is 13.0. The molecule has 0 radical (unpaired) electrons. The molecule has 1 rings (SSSR count). The van der Waals surface area contributed by atoms with Crippen LogP contribution in [0.1, 0.15) is 38.3 Å². The number of hydrogen-bond acceptors (Lipinski definition) is 2. The van der Waals surface area contributed by atoms with Crippen molar-refractivity contribution in [1.82, 2.24) is 0 Å². The van der Waals surface area contributed by atoms with E-state index in [1.165, 1.54) is 5.56 Å². The highest BCUT2D eigenvalue weighted by Crippen LogP contribution is 2.21. The molecule has 1 aromatic carbocycles. The van der Waals surface area contributed by atoms with Gasteiger partial charge in [0, 0.05) is 17.3 Å². The minimum absolute atomic E-state index is 0.449. The standard InChI is InChI=1S/C14H22N2S/c1-5-12(9(2)3)16-13-8-10(4)6-7-11(13)14(15)17/h6-9,12,16H,5H2,1-4H3,(H2,15,17). The van der Waals surface area contributed by atoms with Crippen LogP contribution in [0.3, 0.4) is 0 Å². The van der Waals surface area contributed by atoms with Gasteiger partial charge in [-0.1, -0.05) is 39.1 Å². The molecule has 0 aliphatic rings. The van der Waals surface area contributed by atoms with Crippen LogP contribution in [-0.4, -0.2) is 11.0 Å². The van der Waals surface area contributed by atoms with Crippen LogP contribution in [0.4, 0.5) is 5.69 Å². The third kappa shape index (κ3) is 3.70. The molecule has 0 saturated carbocycles. The highest BCUT2D eigenvalue weighted by atomic mass is 32.1. The Morgan fingerprint density at radius 1 is 1.41 bits per heavy atom. The van der Waals surface area contributed by atoms with E-state index in [-0.39, 0.29) is 0 Å². The van der Waals surface area contributed by atoms with Crippen LogP contribution in [0.2, 0.25) is 0 Å². The Morgan fingerprint density at radius 2 is 2.06 bits per heavy atom. The number of nitrogens with one attached hydrogen (secondary N) is 1. The van der Waals surface area contributed by atoms with E-state index in [4.69, 9.17) is 18.0 Å². The quantitative estimate of drug-likeness (QED) is 0.786. The average Bonchev–Trinajstić information content (AvgIpc) is 2.25. The minimum Gasteiger partial charge on any atom is -0.389 e. The van der Waals surface area contributed by atoms with Crippen molar-refractivity contribution in [2.45, 2.75) is 40.2 Å². The van der Waals surface area contributed by atoms with Gasteiger partial charge in [-0.25, -0.2) is 0 Å². The molecule has 0 amide bonds. The van der Waals surface area contributed by atoms with Crippen molar-refractivity contribution in [3.05, 3.63) is 29.3 Å². The van der Waals surface area contributed by atoms with Crippen LogP contribution in [0.15, 0.2) is 18.2 Å². The van der Waals surface area contributed by atoms with Gasteiger partial charge in [-0.15, -0.1) is 0 Å². The lowest BCUT2D eigenvalue weighted by Gasteiger charge is -2.23. The second-order valence-corrected chi connectivity index (χ2v) is 5.26. The Hall–Kier alpha value is -1.09. The van der Waals surface area contributed by atoms with Crippen molar-refractivity contribution in [3.63, 3.8) is 0 Å². The lowest BCUT2D eigenvalue weighted by molar-refractivity contribution is 0.511. The van der Waals surface area contributed by atoms with Gasteiger partial charge in [0.15, 0.2) is 0 Å². The van der Waals surface area contributed by atoms with Crippen molar-refractivity contribution in [2.75, 3.05) is 5.32 Å². The number of aryl methyl sites for hydroxylation is 1. The SMILES string of the molecule is CCC(Nc1cc(C)ccc1C(N)=S)C(C)C. The highest BCUT2D eigenvalue weighted by Gasteiger charge is 2.13. The second kappa shape index (κ2) is 6.01. The van der Waals surface area contributed by atoms with Crippen molar-refractivity contribution in [1.29, 1.82) is 0 Å². The van der Waals surface area contributed by atoms with E-state index in [2.05, 4.69) is 39.1 Å². The monoisotopic (exact) mass is 250 g/mol. The van der Waals surface area contributed by atoms with Crippen LogP contribution in [0.25, 0.3) is 0 Å². The van der Waals surface area contributed by atoms with Crippen molar-refractivity contribution in [2.24, 2.45) is 11.7 Å². The fourth-order valence-electron chi connectivity index (χ4n) is 1.93. The molecule has 94 valence electrons. The molecule has 3 N–H and O–H groups in total. The largest absolute Gasteiger partial charge is 0.389 e. The normalized spacial score (nSPS) is 12.5. The first-order valence-electron chi connectivity index (χ1n) is 6.12. The molecule has 0 aliphatic carbocycles. The first-order valence-corrected chi connectivity index (χ1v) is 6.53. The van der Waals surface area contributed by atoms with E-state index in [9.17, 15) is 0 Å². The number of benzene rings is 1. The molecule has 1 aromatic rings. The van der Waals surface area contributed by atoms with Crippen LogP contribution in [0.5, 0.6) is 0 Å². The first kappa shape index (κ1) is 14.0. The van der Waals surface area contributed by atoms with Gasteiger partial charge in [-0.3, -0.25) is 0 Å². The average molecular weight is 250 g/mol. The summed E-state index contributed by atoms with van der Waals surface area (Å²) in [6.07, 6.45) is 1.09. The second-order valence-electron chi connectivity index (χ2n) is 4.82. The van der Waals surface area contributed by atoms with E-state index in [1.54, 1.807) is 0 Å². The Morgan fingerprint density at radius 3 is 2.53 bits per heavy atom. The molecule has 0 heterocycles. The number of anilines is 1. The van der Waals surface area contributed by atoms with Crippen LogP contribution in [-0.2, 0) is 0 Å². The van der Waals surface area contributed by atoms with Gasteiger partial charge >= 0.3 is 0 Å². The van der Waals surface area contributed by atoms with Crippen molar-refractivity contribution < 1.29 is 0 Å². The molecule has 0 bridgehead atoms. The molecule has 3 heteroatoms. The summed E-state index contributed by atoms with van der Waals surface area (Å²) in [5.74, 6) is 0.583. The summed E-state index contributed by atoms with van der Waals surface area (Å²) in [6.45, 7) is 8.70. The molecule has 0 aromatic heterocycles. The summed E-state index contributed by atoms with van der Waals surface area (Å²) < 4.78 is 0. The van der Waals surface area contributed by atoms with Gasteiger partial charge in [0.2, 0.25) is 0 Å². The van der Waals surface area contributed by atoms with E-state index in [0.717, 1.165) is 17.7 Å². The lowest BCUT2D eigenvalue weighted by atomic mass is 10.0. The fraction of sp³-hybridized carbons (Fsp3) is 0.500. The zero-order valence-corrected chi connectivity index (χ0v) is 11.9. The third-order valence-electron chi connectivity index (χ3n) is 3.03. The van der Waals surface area contributed by atoms with E-state index >= 15 is 0 Å². The van der Waals surface area contributed by atoms with E-state index in [1.807, 2.05) is 12.1 Å². The Labute approximate surface area is 110 Å². The van der Waals surface area contributed by atoms with Gasteiger partial charge in [0.25, 0.3) is 0 Å². The number of hydrogen-bond donors (Lipinski definition) is 2. The number of rotatable bonds is 5. The van der Waals surface area contributed by atoms with Crippen molar-refractivity contribution >= 4 is 22.9 Å². The summed E-state index contributed by atoms with van der Waals surface area (Å²) in [7, 11) is 0. The molecule has 0 spiro atoms. The van der Waals surface area contributed by atoms with Crippen LogP contribution >= 0.6 is 12.2 Å². The smallest absolute Gasteiger partial charge is 0.106 e. The topological polar surface area (TPSA) is 38.0 Å². The molecule has 1 unspecified atom stereocenters. The first-order chi connectivity index (χ1) is 7.95. The Kier molecular flexibility index (Phi) is 4.94. The molecular weight excluding hydrogens is 228 g/mol. The van der Waals surface area contributed by atoms with Gasteiger partial charge in [0.05, 0.1) is 0 Å². The fourth-order valence-corrected chi connectivity index (χ4v) is 2.11. The summed E-state index contributed by atoms with van der Waals surface area (Å²) in [5.41, 5.74) is 8.95. The minimum atomic E-state index is 0.449. The Bertz CT molecular complexity index is 399. The zero-order valence-electron chi connectivity index (χ0n) is 11.1. The highest BCUT2D eigenvalue weighted by molar-refractivity contribution is 7.80. The van der Waals surface area contributed by atoms with Gasteiger partial charge < -0.3 is 11.1 Å². The van der Waals surface area contributed by atoms with Gasteiger partial charge in [-0.2, -0.15) is 0 Å². The summed E-state index contributed by atoms with van der Waals surface area (Å²) in [6, 6.07) is 6.59. The predicted octanol–water partition coefficient (Wildman–Crippen LogP) is 3.48. The third-order valence-corrected chi connectivity index (χ3v) is 3.25. The molecule has 1 atom stereocenters. The van der Waals surface area contributed by atoms with Crippen molar-refractivity contribution in [3.8, 4) is 0 Å².